The molecular weight excluding hydrogens is 351 g/mol. The van der Waals surface area contributed by atoms with Crippen LogP contribution in [0, 0.1) is 0 Å². The average molecular weight is 375 g/mol. The molecule has 3 nitrogen and oxygen atoms in total. The Hall–Kier alpha value is -0.420. The summed E-state index contributed by atoms with van der Waals surface area (Å²) in [5.41, 5.74) is 0. The number of amides is 1. The number of thioether (sulfide) groups is 1. The van der Waals surface area contributed by atoms with Gasteiger partial charge in [0.2, 0.25) is 5.91 Å². The van der Waals surface area contributed by atoms with E-state index in [1.807, 2.05) is 18.0 Å². The van der Waals surface area contributed by atoms with Gasteiger partial charge in [0, 0.05) is 42.1 Å². The van der Waals surface area contributed by atoms with Gasteiger partial charge in [-0.15, -0.1) is 11.8 Å². The highest BCUT2D eigenvalue weighted by molar-refractivity contribution is 8.00. The lowest BCUT2D eigenvalue weighted by Crippen LogP contribution is -2.47. The fourth-order valence-corrected chi connectivity index (χ4v) is 4.24. The number of hydrogen-bond donors (Lipinski definition) is 0. The maximum Gasteiger partial charge on any atom is 0.232 e. The van der Waals surface area contributed by atoms with Crippen LogP contribution in [-0.2, 0) is 4.79 Å². The molecule has 23 heavy (non-hydrogen) atoms. The van der Waals surface area contributed by atoms with E-state index in [1.165, 1.54) is 11.8 Å². The Labute approximate surface area is 153 Å². The van der Waals surface area contributed by atoms with E-state index in [0.29, 0.717) is 27.9 Å². The van der Waals surface area contributed by atoms with E-state index < -0.39 is 0 Å². The summed E-state index contributed by atoms with van der Waals surface area (Å²) < 4.78 is 0. The molecule has 1 aromatic carbocycles. The second-order valence-corrected chi connectivity index (χ2v) is 8.09. The molecule has 0 spiro atoms. The van der Waals surface area contributed by atoms with Crippen molar-refractivity contribution in [1.29, 1.82) is 0 Å². The molecule has 1 aliphatic heterocycles. The highest BCUT2D eigenvalue weighted by Crippen LogP contribution is 2.30. The van der Waals surface area contributed by atoms with E-state index in [4.69, 9.17) is 23.2 Å². The smallest absolute Gasteiger partial charge is 0.232 e. The first-order valence-corrected chi connectivity index (χ1v) is 9.70. The van der Waals surface area contributed by atoms with Gasteiger partial charge in [0.1, 0.15) is 0 Å². The van der Waals surface area contributed by atoms with Gasteiger partial charge in [0.05, 0.1) is 10.8 Å². The molecule has 0 bridgehead atoms. The molecule has 0 N–H and O–H groups in total. The van der Waals surface area contributed by atoms with E-state index in [-0.39, 0.29) is 5.91 Å². The van der Waals surface area contributed by atoms with Crippen LogP contribution in [0.1, 0.15) is 26.7 Å². The number of benzene rings is 1. The van der Waals surface area contributed by atoms with E-state index in [9.17, 15) is 4.79 Å². The van der Waals surface area contributed by atoms with Gasteiger partial charge in [-0.05, 0) is 44.9 Å². The average Bonchev–Trinajstić information content (AvgIpc) is 2.54. The molecule has 1 amide bonds. The number of likely N-dealkylation sites (tertiary alicyclic amines) is 1. The number of carbonyl (C=O) groups is 1. The lowest BCUT2D eigenvalue weighted by atomic mass is 10.0. The lowest BCUT2D eigenvalue weighted by Gasteiger charge is -2.38. The minimum absolute atomic E-state index is 0.147. The quantitative estimate of drug-likeness (QED) is 0.712. The van der Waals surface area contributed by atoms with Gasteiger partial charge >= 0.3 is 0 Å². The van der Waals surface area contributed by atoms with Crippen LogP contribution < -0.4 is 0 Å². The second kappa shape index (κ2) is 8.61. The van der Waals surface area contributed by atoms with E-state index >= 15 is 0 Å². The van der Waals surface area contributed by atoms with Crippen molar-refractivity contribution < 1.29 is 4.79 Å². The molecule has 2 rings (SSSR count). The van der Waals surface area contributed by atoms with Crippen molar-refractivity contribution in [2.45, 2.75) is 43.7 Å². The number of hydrogen-bond acceptors (Lipinski definition) is 3. The minimum Gasteiger partial charge on any atom is -0.342 e. The molecule has 1 heterocycles. The largest absolute Gasteiger partial charge is 0.342 e. The predicted octanol–water partition coefficient (Wildman–Crippen LogP) is 4.42. The molecule has 1 fully saturated rings. The van der Waals surface area contributed by atoms with Crippen LogP contribution in [0.25, 0.3) is 0 Å². The number of nitrogens with zero attached hydrogens (tertiary/aromatic N) is 2. The van der Waals surface area contributed by atoms with Crippen LogP contribution in [0.3, 0.4) is 0 Å². The van der Waals surface area contributed by atoms with Crippen LogP contribution in [0.15, 0.2) is 23.1 Å². The zero-order chi connectivity index (χ0) is 17.0. The molecule has 0 saturated carbocycles. The molecule has 1 saturated heterocycles. The van der Waals surface area contributed by atoms with Gasteiger partial charge in [-0.3, -0.25) is 4.79 Å². The van der Waals surface area contributed by atoms with Gasteiger partial charge in [-0.2, -0.15) is 0 Å². The molecule has 128 valence electrons. The van der Waals surface area contributed by atoms with Crippen molar-refractivity contribution >= 4 is 40.9 Å². The van der Waals surface area contributed by atoms with Crippen molar-refractivity contribution in [2.24, 2.45) is 0 Å². The number of carbonyl (C=O) groups excluding carboxylic acids is 1. The van der Waals surface area contributed by atoms with E-state index in [0.717, 1.165) is 30.8 Å². The second-order valence-electron chi connectivity index (χ2n) is 6.23. The monoisotopic (exact) mass is 374 g/mol. The van der Waals surface area contributed by atoms with Crippen LogP contribution in [0.5, 0.6) is 0 Å². The third-order valence-electron chi connectivity index (χ3n) is 4.41. The zero-order valence-electron chi connectivity index (χ0n) is 13.9. The summed E-state index contributed by atoms with van der Waals surface area (Å²) in [6.45, 7) is 6.57. The molecule has 0 radical (unpaired) electrons. The zero-order valence-corrected chi connectivity index (χ0v) is 16.2. The summed E-state index contributed by atoms with van der Waals surface area (Å²) in [7, 11) is 1.91. The number of rotatable bonds is 5. The molecule has 6 heteroatoms. The number of piperidine rings is 1. The predicted molar refractivity (Wildman–Crippen MR) is 99.7 cm³/mol. The minimum atomic E-state index is 0.147. The first-order chi connectivity index (χ1) is 10.9. The van der Waals surface area contributed by atoms with Crippen molar-refractivity contribution in [3.05, 3.63) is 28.2 Å². The summed E-state index contributed by atoms with van der Waals surface area (Å²) in [6.07, 6.45) is 2.09. The van der Waals surface area contributed by atoms with Crippen molar-refractivity contribution in [2.75, 3.05) is 25.9 Å². The topological polar surface area (TPSA) is 23.6 Å². The fraction of sp³-hybridized carbons (Fsp3) is 0.588. The Morgan fingerprint density at radius 2 is 2.00 bits per heavy atom. The molecule has 0 atom stereocenters. The SMILES string of the molecule is CC(C)N1CCC(N(C)C(=O)CSc2cc(Cl)ccc2Cl)CC1. The van der Waals surface area contributed by atoms with E-state index in [1.54, 1.807) is 12.1 Å². The summed E-state index contributed by atoms with van der Waals surface area (Å²) in [5, 5.41) is 1.28. The Balaban J connectivity index is 1.85. The molecule has 0 aliphatic carbocycles. The van der Waals surface area contributed by atoms with Crippen LogP contribution in [0.2, 0.25) is 10.0 Å². The Kier molecular flexibility index (Phi) is 7.08. The van der Waals surface area contributed by atoms with Gasteiger partial charge in [0.25, 0.3) is 0 Å². The molecule has 0 aromatic heterocycles. The number of halogens is 2. The molecule has 1 aromatic rings. The van der Waals surface area contributed by atoms with Gasteiger partial charge in [0.15, 0.2) is 0 Å². The van der Waals surface area contributed by atoms with Crippen molar-refractivity contribution in [1.82, 2.24) is 9.80 Å². The highest BCUT2D eigenvalue weighted by atomic mass is 35.5. The van der Waals surface area contributed by atoms with Crippen LogP contribution in [-0.4, -0.2) is 53.7 Å². The van der Waals surface area contributed by atoms with Gasteiger partial charge in [-0.1, -0.05) is 23.2 Å². The third kappa shape index (κ3) is 5.28. The third-order valence-corrected chi connectivity index (χ3v) is 6.13. The normalized spacial score (nSPS) is 16.8. The maximum absolute atomic E-state index is 12.4. The lowest BCUT2D eigenvalue weighted by molar-refractivity contribution is -0.130. The Morgan fingerprint density at radius 1 is 1.35 bits per heavy atom. The van der Waals surface area contributed by atoms with Gasteiger partial charge < -0.3 is 9.80 Å². The van der Waals surface area contributed by atoms with Gasteiger partial charge in [-0.25, -0.2) is 0 Å². The molecule has 1 aliphatic rings. The summed E-state index contributed by atoms with van der Waals surface area (Å²) in [6, 6.07) is 6.25. The Bertz CT molecular complexity index is 545. The fourth-order valence-electron chi connectivity index (χ4n) is 2.82. The maximum atomic E-state index is 12.4. The molecular formula is C17H24Cl2N2OS. The Morgan fingerprint density at radius 3 is 2.61 bits per heavy atom. The van der Waals surface area contributed by atoms with Crippen molar-refractivity contribution in [3.8, 4) is 0 Å². The first-order valence-electron chi connectivity index (χ1n) is 7.96. The van der Waals surface area contributed by atoms with E-state index in [2.05, 4.69) is 18.7 Å². The summed E-state index contributed by atoms with van der Waals surface area (Å²) in [4.78, 5) is 17.7. The highest BCUT2D eigenvalue weighted by Gasteiger charge is 2.26. The molecule has 0 unspecified atom stereocenters. The van der Waals surface area contributed by atoms with Crippen LogP contribution >= 0.6 is 35.0 Å². The first kappa shape index (κ1) is 18.9. The van der Waals surface area contributed by atoms with Crippen LogP contribution in [0.4, 0.5) is 0 Å². The summed E-state index contributed by atoms with van der Waals surface area (Å²) >= 11 is 13.6. The standard InChI is InChI=1S/C17H24Cl2N2OS/c1-12(2)21-8-6-14(7-9-21)20(3)17(22)11-23-16-10-13(18)4-5-15(16)19/h4-5,10,12,14H,6-9,11H2,1-3H3. The summed E-state index contributed by atoms with van der Waals surface area (Å²) in [5.74, 6) is 0.537. The van der Waals surface area contributed by atoms with Crippen molar-refractivity contribution in [3.63, 3.8) is 0 Å².